The zero-order valence-electron chi connectivity index (χ0n) is 11.5. The summed E-state index contributed by atoms with van der Waals surface area (Å²) in [4.78, 5) is 20.3. The molecule has 0 aliphatic rings. The van der Waals surface area contributed by atoms with E-state index in [1.54, 1.807) is 24.3 Å². The molecule has 0 unspecified atom stereocenters. The van der Waals surface area contributed by atoms with Gasteiger partial charge in [0, 0.05) is 21.0 Å². The van der Waals surface area contributed by atoms with Crippen LogP contribution in [-0.2, 0) is 4.74 Å². The summed E-state index contributed by atoms with van der Waals surface area (Å²) in [6.45, 7) is 0. The van der Waals surface area contributed by atoms with Crippen LogP contribution in [0.15, 0.2) is 42.5 Å². The molecule has 0 spiro atoms. The molecule has 0 N–H and O–H groups in total. The van der Waals surface area contributed by atoms with E-state index >= 15 is 0 Å². The van der Waals surface area contributed by atoms with Gasteiger partial charge in [-0.2, -0.15) is 0 Å². The first-order chi connectivity index (χ1) is 10.6. The third-order valence-corrected chi connectivity index (χ3v) is 3.72. The summed E-state index contributed by atoms with van der Waals surface area (Å²) in [7, 11) is 1.28. The number of carbonyl (C=O) groups excluding carboxylic acids is 1. The molecule has 0 aliphatic carbocycles. The van der Waals surface area contributed by atoms with Crippen LogP contribution in [0.2, 0.25) is 10.0 Å². The molecule has 0 saturated heterocycles. The molecule has 22 heavy (non-hydrogen) atoms. The number of ether oxygens (including phenoxy) is 1. The van der Waals surface area contributed by atoms with Crippen LogP contribution >= 0.6 is 23.2 Å². The average molecular weight is 333 g/mol. The molecule has 6 heteroatoms. The second kappa shape index (κ2) is 5.91. The van der Waals surface area contributed by atoms with Crippen LogP contribution in [0.25, 0.3) is 22.2 Å². The molecule has 0 saturated carbocycles. The van der Waals surface area contributed by atoms with Crippen molar-refractivity contribution in [2.24, 2.45) is 0 Å². The van der Waals surface area contributed by atoms with E-state index in [-0.39, 0.29) is 5.82 Å². The van der Waals surface area contributed by atoms with Gasteiger partial charge in [0.15, 0.2) is 0 Å². The molecule has 0 aliphatic heterocycles. The first-order valence-electron chi connectivity index (χ1n) is 6.40. The predicted octanol–water partition coefficient (Wildman–Crippen LogP) is 4.39. The van der Waals surface area contributed by atoms with Crippen molar-refractivity contribution in [3.05, 3.63) is 58.3 Å². The van der Waals surface area contributed by atoms with E-state index in [2.05, 4.69) is 9.97 Å². The molecular weight excluding hydrogens is 323 g/mol. The number of carbonyl (C=O) groups is 1. The molecule has 0 radical (unpaired) electrons. The standard InChI is InChI=1S/C16H10Cl2N2O2/c1-22-16(21)15-19-13-7-6-9(17)8-11(13)14(20-15)10-4-2-3-5-12(10)18/h2-8H,1H3. The Labute approximate surface area is 136 Å². The van der Waals surface area contributed by atoms with E-state index in [1.807, 2.05) is 18.2 Å². The largest absolute Gasteiger partial charge is 0.463 e. The molecule has 4 nitrogen and oxygen atoms in total. The lowest BCUT2D eigenvalue weighted by Gasteiger charge is -2.09. The van der Waals surface area contributed by atoms with Crippen molar-refractivity contribution in [1.29, 1.82) is 0 Å². The van der Waals surface area contributed by atoms with Gasteiger partial charge in [0.2, 0.25) is 5.82 Å². The first-order valence-corrected chi connectivity index (χ1v) is 7.16. The lowest BCUT2D eigenvalue weighted by Crippen LogP contribution is -2.08. The number of nitrogens with zero attached hydrogens (tertiary/aromatic N) is 2. The molecule has 3 rings (SSSR count). The Morgan fingerprint density at radius 1 is 1.09 bits per heavy atom. The van der Waals surface area contributed by atoms with Crippen LogP contribution in [0.5, 0.6) is 0 Å². The molecule has 3 aromatic rings. The average Bonchev–Trinajstić information content (AvgIpc) is 2.54. The van der Waals surface area contributed by atoms with Crippen LogP contribution in [0.1, 0.15) is 10.6 Å². The van der Waals surface area contributed by atoms with Crippen LogP contribution in [0, 0.1) is 0 Å². The topological polar surface area (TPSA) is 52.1 Å². The molecule has 0 atom stereocenters. The number of rotatable bonds is 2. The molecule has 110 valence electrons. The summed E-state index contributed by atoms with van der Waals surface area (Å²) in [5, 5.41) is 1.79. The second-order valence-corrected chi connectivity index (χ2v) is 5.37. The molecule has 0 amide bonds. The molecule has 2 aromatic carbocycles. The van der Waals surface area contributed by atoms with Gasteiger partial charge in [-0.3, -0.25) is 0 Å². The van der Waals surface area contributed by atoms with Gasteiger partial charge < -0.3 is 4.74 Å². The lowest BCUT2D eigenvalue weighted by molar-refractivity contribution is 0.0587. The van der Waals surface area contributed by atoms with E-state index in [1.165, 1.54) is 7.11 Å². The van der Waals surface area contributed by atoms with Crippen LogP contribution in [-0.4, -0.2) is 23.0 Å². The fourth-order valence-corrected chi connectivity index (χ4v) is 2.54. The first kappa shape index (κ1) is 14.8. The molecular formula is C16H10Cl2N2O2. The Morgan fingerprint density at radius 2 is 1.86 bits per heavy atom. The zero-order chi connectivity index (χ0) is 15.7. The number of benzene rings is 2. The van der Waals surface area contributed by atoms with Crippen LogP contribution < -0.4 is 0 Å². The van der Waals surface area contributed by atoms with Gasteiger partial charge in [-0.15, -0.1) is 0 Å². The Morgan fingerprint density at radius 3 is 2.59 bits per heavy atom. The molecule has 1 heterocycles. The number of fused-ring (bicyclic) bond motifs is 1. The number of hydrogen-bond donors (Lipinski definition) is 0. The van der Waals surface area contributed by atoms with Crippen molar-refractivity contribution < 1.29 is 9.53 Å². The second-order valence-electron chi connectivity index (χ2n) is 4.53. The van der Waals surface area contributed by atoms with Gasteiger partial charge in [-0.1, -0.05) is 41.4 Å². The summed E-state index contributed by atoms with van der Waals surface area (Å²) in [6.07, 6.45) is 0. The molecule has 1 aromatic heterocycles. The van der Waals surface area contributed by atoms with E-state index in [4.69, 9.17) is 27.9 Å². The highest BCUT2D eigenvalue weighted by atomic mass is 35.5. The summed E-state index contributed by atoms with van der Waals surface area (Å²) >= 11 is 12.3. The Kier molecular flexibility index (Phi) is 3.96. The van der Waals surface area contributed by atoms with Gasteiger partial charge in [0.25, 0.3) is 0 Å². The van der Waals surface area contributed by atoms with Crippen LogP contribution in [0.3, 0.4) is 0 Å². The SMILES string of the molecule is COC(=O)c1nc(-c2ccccc2Cl)c2cc(Cl)ccc2n1. The minimum atomic E-state index is -0.606. The number of aromatic nitrogens is 2. The highest BCUT2D eigenvalue weighted by Crippen LogP contribution is 2.32. The van der Waals surface area contributed by atoms with Crippen molar-refractivity contribution in [1.82, 2.24) is 9.97 Å². The van der Waals surface area contributed by atoms with E-state index in [0.29, 0.717) is 32.2 Å². The summed E-state index contributed by atoms with van der Waals surface area (Å²) < 4.78 is 4.71. The lowest BCUT2D eigenvalue weighted by atomic mass is 10.1. The summed E-state index contributed by atoms with van der Waals surface area (Å²) in [5.74, 6) is -0.627. The van der Waals surface area contributed by atoms with E-state index in [0.717, 1.165) is 0 Å². The Hall–Kier alpha value is -2.17. The smallest absolute Gasteiger partial charge is 0.376 e. The number of halogens is 2. The van der Waals surface area contributed by atoms with Gasteiger partial charge in [-0.05, 0) is 24.3 Å². The Balaban J connectivity index is 2.37. The maximum Gasteiger partial charge on any atom is 0.376 e. The quantitative estimate of drug-likeness (QED) is 0.653. The van der Waals surface area contributed by atoms with E-state index in [9.17, 15) is 4.79 Å². The maximum atomic E-state index is 11.8. The van der Waals surface area contributed by atoms with Crippen molar-refractivity contribution >= 4 is 40.1 Å². The van der Waals surface area contributed by atoms with E-state index < -0.39 is 5.97 Å². The zero-order valence-corrected chi connectivity index (χ0v) is 13.0. The van der Waals surface area contributed by atoms with Crippen molar-refractivity contribution in [3.8, 4) is 11.3 Å². The maximum absolute atomic E-state index is 11.8. The van der Waals surface area contributed by atoms with Gasteiger partial charge in [-0.25, -0.2) is 14.8 Å². The number of methoxy groups -OCH3 is 1. The minimum absolute atomic E-state index is 0.0211. The van der Waals surface area contributed by atoms with Crippen molar-refractivity contribution in [3.63, 3.8) is 0 Å². The molecule has 0 bridgehead atoms. The third-order valence-electron chi connectivity index (χ3n) is 3.15. The van der Waals surface area contributed by atoms with Crippen molar-refractivity contribution in [2.45, 2.75) is 0 Å². The van der Waals surface area contributed by atoms with Gasteiger partial charge in [0.05, 0.1) is 18.3 Å². The minimum Gasteiger partial charge on any atom is -0.463 e. The number of esters is 1. The molecule has 0 fully saturated rings. The van der Waals surface area contributed by atoms with Crippen molar-refractivity contribution in [2.75, 3.05) is 7.11 Å². The summed E-state index contributed by atoms with van der Waals surface area (Å²) in [5.41, 5.74) is 1.83. The van der Waals surface area contributed by atoms with Gasteiger partial charge >= 0.3 is 5.97 Å². The highest BCUT2D eigenvalue weighted by Gasteiger charge is 2.17. The predicted molar refractivity (Wildman–Crippen MR) is 86.3 cm³/mol. The normalized spacial score (nSPS) is 10.7. The monoisotopic (exact) mass is 332 g/mol. The fourth-order valence-electron chi connectivity index (χ4n) is 2.14. The third kappa shape index (κ3) is 2.63. The summed E-state index contributed by atoms with van der Waals surface area (Å²) in [6, 6.07) is 12.4. The highest BCUT2D eigenvalue weighted by molar-refractivity contribution is 6.34. The fraction of sp³-hybridized carbons (Fsp3) is 0.0625. The van der Waals surface area contributed by atoms with Gasteiger partial charge in [0.1, 0.15) is 0 Å². The van der Waals surface area contributed by atoms with Crippen LogP contribution in [0.4, 0.5) is 0 Å². The number of hydrogen-bond acceptors (Lipinski definition) is 4. The Bertz CT molecular complexity index is 881.